The van der Waals surface area contributed by atoms with Gasteiger partial charge in [0.25, 0.3) is 0 Å². The molecule has 5 heteroatoms. The Balaban J connectivity index is 3.40. The van der Waals surface area contributed by atoms with E-state index in [1.807, 2.05) is 0 Å². The summed E-state index contributed by atoms with van der Waals surface area (Å²) in [5.41, 5.74) is 0. The van der Waals surface area contributed by atoms with Crippen LogP contribution in [-0.2, 0) is 9.47 Å². The molecular weight excluding hydrogens is 200 g/mol. The predicted octanol–water partition coefficient (Wildman–Crippen LogP) is 0.522. The van der Waals surface area contributed by atoms with Crippen LogP contribution in [0.4, 0.5) is 0 Å². The summed E-state index contributed by atoms with van der Waals surface area (Å²) in [7, 11) is 3.36. The van der Waals surface area contributed by atoms with Gasteiger partial charge in [-0.3, -0.25) is 0 Å². The van der Waals surface area contributed by atoms with Crippen LogP contribution in [0.2, 0.25) is 0 Å². The fraction of sp³-hybridized carbons (Fsp3) is 0.889. The predicted molar refractivity (Wildman–Crippen MR) is 61.6 cm³/mol. The molecule has 0 aromatic heterocycles. The number of thiocarbonyl (C=S) groups is 1. The lowest BCUT2D eigenvalue weighted by atomic mass is 10.2. The second-order valence-corrected chi connectivity index (χ2v) is 3.48. The number of hydrogen-bond acceptors (Lipinski definition) is 3. The van der Waals surface area contributed by atoms with E-state index in [1.165, 1.54) is 0 Å². The Morgan fingerprint density at radius 3 is 2.50 bits per heavy atom. The van der Waals surface area contributed by atoms with Crippen LogP contribution in [0.1, 0.15) is 13.3 Å². The third-order valence-electron chi connectivity index (χ3n) is 1.72. The Bertz CT molecular complexity index is 156. The van der Waals surface area contributed by atoms with Crippen molar-refractivity contribution >= 4 is 17.3 Å². The summed E-state index contributed by atoms with van der Waals surface area (Å²) in [6.45, 7) is 4.21. The molecule has 84 valence electrons. The zero-order valence-electron chi connectivity index (χ0n) is 9.13. The third-order valence-corrected chi connectivity index (χ3v) is 1.99. The number of methoxy groups -OCH3 is 2. The molecule has 4 nitrogen and oxygen atoms in total. The van der Waals surface area contributed by atoms with Crippen LogP contribution in [0.3, 0.4) is 0 Å². The van der Waals surface area contributed by atoms with Gasteiger partial charge in [-0.15, -0.1) is 0 Å². The minimum absolute atomic E-state index is 0.331. The Kier molecular flexibility index (Phi) is 8.92. The van der Waals surface area contributed by atoms with Crippen molar-refractivity contribution in [3.05, 3.63) is 0 Å². The zero-order valence-corrected chi connectivity index (χ0v) is 9.95. The smallest absolute Gasteiger partial charge is 0.166 e. The van der Waals surface area contributed by atoms with Gasteiger partial charge in [0.05, 0.1) is 6.61 Å². The van der Waals surface area contributed by atoms with Crippen molar-refractivity contribution in [2.24, 2.45) is 0 Å². The first kappa shape index (κ1) is 13.6. The Morgan fingerprint density at radius 1 is 1.29 bits per heavy atom. The van der Waals surface area contributed by atoms with E-state index < -0.39 is 0 Å². The maximum atomic E-state index is 5.08. The van der Waals surface area contributed by atoms with E-state index >= 15 is 0 Å². The topological polar surface area (TPSA) is 42.5 Å². The van der Waals surface area contributed by atoms with Gasteiger partial charge in [0.2, 0.25) is 0 Å². The van der Waals surface area contributed by atoms with Crippen LogP contribution in [-0.4, -0.2) is 45.1 Å². The fourth-order valence-electron chi connectivity index (χ4n) is 0.908. The third kappa shape index (κ3) is 8.22. The highest BCUT2D eigenvalue weighted by Gasteiger charge is 2.02. The molecular formula is C9H20N2O2S. The highest BCUT2D eigenvalue weighted by molar-refractivity contribution is 7.80. The highest BCUT2D eigenvalue weighted by Crippen LogP contribution is 1.90. The maximum Gasteiger partial charge on any atom is 0.166 e. The van der Waals surface area contributed by atoms with E-state index in [1.54, 1.807) is 14.2 Å². The van der Waals surface area contributed by atoms with Gasteiger partial charge in [0.15, 0.2) is 5.11 Å². The average molecular weight is 220 g/mol. The van der Waals surface area contributed by atoms with Crippen LogP contribution in [0.5, 0.6) is 0 Å². The van der Waals surface area contributed by atoms with Gasteiger partial charge in [-0.25, -0.2) is 0 Å². The fourth-order valence-corrected chi connectivity index (χ4v) is 1.21. The van der Waals surface area contributed by atoms with Gasteiger partial charge >= 0.3 is 0 Å². The largest absolute Gasteiger partial charge is 0.385 e. The molecule has 2 N–H and O–H groups in total. The summed E-state index contributed by atoms with van der Waals surface area (Å²) in [5.74, 6) is 0. The molecule has 14 heavy (non-hydrogen) atoms. The second kappa shape index (κ2) is 9.18. The van der Waals surface area contributed by atoms with Crippen molar-refractivity contribution in [2.45, 2.75) is 19.4 Å². The minimum Gasteiger partial charge on any atom is -0.385 e. The summed E-state index contributed by atoms with van der Waals surface area (Å²) in [4.78, 5) is 0. The SMILES string of the molecule is COCCNC(=S)NC(C)CCOC. The standard InChI is InChI=1S/C9H20N2O2S/c1-8(4-6-12-2)11-9(14)10-5-7-13-3/h8H,4-7H2,1-3H3,(H2,10,11,14). The average Bonchev–Trinajstić information content (AvgIpc) is 2.15. The molecule has 0 aromatic rings. The monoisotopic (exact) mass is 220 g/mol. The molecule has 0 saturated heterocycles. The summed E-state index contributed by atoms with van der Waals surface area (Å²) in [6, 6.07) is 0.331. The molecule has 0 aliphatic heterocycles. The molecule has 0 aliphatic carbocycles. The van der Waals surface area contributed by atoms with Gasteiger partial charge < -0.3 is 20.1 Å². The summed E-state index contributed by atoms with van der Waals surface area (Å²) in [5, 5.41) is 6.88. The molecule has 0 fully saturated rings. The van der Waals surface area contributed by atoms with Crippen molar-refractivity contribution in [3.8, 4) is 0 Å². The van der Waals surface area contributed by atoms with Crippen molar-refractivity contribution in [1.29, 1.82) is 0 Å². The highest BCUT2D eigenvalue weighted by atomic mass is 32.1. The Hall–Kier alpha value is -0.390. The number of hydrogen-bond donors (Lipinski definition) is 2. The second-order valence-electron chi connectivity index (χ2n) is 3.08. The molecule has 0 amide bonds. The van der Waals surface area contributed by atoms with E-state index in [2.05, 4.69) is 17.6 Å². The first-order valence-electron chi connectivity index (χ1n) is 4.73. The minimum atomic E-state index is 0.331. The first-order valence-corrected chi connectivity index (χ1v) is 5.13. The first-order chi connectivity index (χ1) is 6.70. The van der Waals surface area contributed by atoms with E-state index in [0.717, 1.165) is 19.6 Å². The molecule has 0 aromatic carbocycles. The zero-order chi connectivity index (χ0) is 10.8. The molecule has 1 unspecified atom stereocenters. The van der Waals surface area contributed by atoms with Crippen molar-refractivity contribution in [3.63, 3.8) is 0 Å². The normalized spacial score (nSPS) is 12.2. The summed E-state index contributed by atoms with van der Waals surface area (Å²) < 4.78 is 9.86. The lowest BCUT2D eigenvalue weighted by Gasteiger charge is -2.16. The van der Waals surface area contributed by atoms with Crippen LogP contribution in [0.15, 0.2) is 0 Å². The molecule has 0 bridgehead atoms. The van der Waals surface area contributed by atoms with Gasteiger partial charge in [0.1, 0.15) is 0 Å². The van der Waals surface area contributed by atoms with Gasteiger partial charge in [0, 0.05) is 33.4 Å². The number of ether oxygens (including phenoxy) is 2. The van der Waals surface area contributed by atoms with E-state index in [4.69, 9.17) is 21.7 Å². The van der Waals surface area contributed by atoms with Crippen molar-refractivity contribution in [2.75, 3.05) is 34.0 Å². The molecule has 0 rings (SSSR count). The number of rotatable bonds is 7. The van der Waals surface area contributed by atoms with Crippen molar-refractivity contribution < 1.29 is 9.47 Å². The molecule has 0 spiro atoms. The summed E-state index contributed by atoms with van der Waals surface area (Å²) in [6.07, 6.45) is 0.947. The van der Waals surface area contributed by atoms with Crippen LogP contribution in [0.25, 0.3) is 0 Å². The molecule has 0 heterocycles. The van der Waals surface area contributed by atoms with E-state index in [0.29, 0.717) is 17.8 Å². The Labute approximate surface area is 91.3 Å². The van der Waals surface area contributed by atoms with Crippen LogP contribution in [0, 0.1) is 0 Å². The van der Waals surface area contributed by atoms with Gasteiger partial charge in [-0.05, 0) is 25.6 Å². The van der Waals surface area contributed by atoms with Gasteiger partial charge in [-0.2, -0.15) is 0 Å². The molecule has 0 radical (unpaired) electrons. The number of nitrogens with one attached hydrogen (secondary N) is 2. The van der Waals surface area contributed by atoms with E-state index in [9.17, 15) is 0 Å². The summed E-state index contributed by atoms with van der Waals surface area (Å²) >= 11 is 5.08. The van der Waals surface area contributed by atoms with Crippen LogP contribution >= 0.6 is 12.2 Å². The van der Waals surface area contributed by atoms with Crippen molar-refractivity contribution in [1.82, 2.24) is 10.6 Å². The lowest BCUT2D eigenvalue weighted by Crippen LogP contribution is -2.42. The maximum absolute atomic E-state index is 5.08. The molecule has 0 aliphatic rings. The molecule has 0 saturated carbocycles. The van der Waals surface area contributed by atoms with E-state index in [-0.39, 0.29) is 0 Å². The molecule has 1 atom stereocenters. The van der Waals surface area contributed by atoms with Gasteiger partial charge in [-0.1, -0.05) is 0 Å². The quantitative estimate of drug-likeness (QED) is 0.484. The Morgan fingerprint density at radius 2 is 1.93 bits per heavy atom. The van der Waals surface area contributed by atoms with Crippen LogP contribution < -0.4 is 10.6 Å². The lowest BCUT2D eigenvalue weighted by molar-refractivity contribution is 0.187.